The van der Waals surface area contributed by atoms with Crippen LogP contribution in [0.15, 0.2) is 39.9 Å². The van der Waals surface area contributed by atoms with Gasteiger partial charge in [-0.05, 0) is 6.42 Å². The number of hydrogen-bond acceptors (Lipinski definition) is 7. The number of aromatic nitrogens is 2. The first-order valence-corrected chi connectivity index (χ1v) is 9.14. The van der Waals surface area contributed by atoms with Crippen molar-refractivity contribution in [3.63, 3.8) is 0 Å². The molecular weight excluding hydrogens is 378 g/mol. The van der Waals surface area contributed by atoms with Gasteiger partial charge < -0.3 is 10.5 Å². The van der Waals surface area contributed by atoms with Crippen molar-refractivity contribution in [2.45, 2.75) is 32.7 Å². The maximum absolute atomic E-state index is 12.4. The minimum absolute atomic E-state index is 0.0671. The van der Waals surface area contributed by atoms with E-state index in [-0.39, 0.29) is 31.0 Å². The highest BCUT2D eigenvalue weighted by Gasteiger charge is 2.22. The number of nitrogens with two attached hydrogens (primary N) is 1. The van der Waals surface area contributed by atoms with Crippen LogP contribution in [0.2, 0.25) is 0 Å². The molecule has 2 rings (SSSR count). The summed E-state index contributed by atoms with van der Waals surface area (Å²) in [7, 11) is 1.24. The van der Waals surface area contributed by atoms with Crippen molar-refractivity contribution >= 4 is 23.4 Å². The number of hydrogen-bond donors (Lipinski definition) is 1. The fourth-order valence-electron chi connectivity index (χ4n) is 2.76. The minimum Gasteiger partial charge on any atom is -0.457 e. The molecule has 2 N–H and O–H groups in total. The Bertz CT molecular complexity index is 1040. The van der Waals surface area contributed by atoms with Crippen LogP contribution in [0.3, 0.4) is 0 Å². The number of nitrogen functional groups attached to an aromatic ring is 1. The molecule has 0 aliphatic heterocycles. The van der Waals surface area contributed by atoms with Crippen molar-refractivity contribution < 1.29 is 19.1 Å². The Balaban J connectivity index is 2.04. The first-order valence-electron chi connectivity index (χ1n) is 9.14. The van der Waals surface area contributed by atoms with Gasteiger partial charge in [0, 0.05) is 25.6 Å². The van der Waals surface area contributed by atoms with Crippen LogP contribution in [-0.2, 0) is 23.1 Å². The quantitative estimate of drug-likeness (QED) is 0.488. The van der Waals surface area contributed by atoms with Gasteiger partial charge in [-0.25, -0.2) is 4.79 Å². The highest BCUT2D eigenvalue weighted by Crippen LogP contribution is 2.09. The van der Waals surface area contributed by atoms with Crippen molar-refractivity contribution in [1.82, 2.24) is 9.13 Å². The number of esters is 1. The summed E-state index contributed by atoms with van der Waals surface area (Å²) >= 11 is 0. The zero-order valence-corrected chi connectivity index (χ0v) is 16.3. The predicted molar refractivity (Wildman–Crippen MR) is 106 cm³/mol. The van der Waals surface area contributed by atoms with E-state index in [2.05, 4.69) is 0 Å². The van der Waals surface area contributed by atoms with Crippen molar-refractivity contribution in [2.24, 2.45) is 7.05 Å². The van der Waals surface area contributed by atoms with Crippen LogP contribution in [0.4, 0.5) is 5.82 Å². The lowest BCUT2D eigenvalue weighted by atomic mass is 10.1. The van der Waals surface area contributed by atoms with Crippen LogP contribution in [0.5, 0.6) is 0 Å². The third-order valence-electron chi connectivity index (χ3n) is 4.33. The van der Waals surface area contributed by atoms with Crippen molar-refractivity contribution in [2.75, 3.05) is 12.3 Å². The molecule has 0 aliphatic carbocycles. The molecule has 0 spiro atoms. The summed E-state index contributed by atoms with van der Waals surface area (Å²) in [6, 6.07) is 8.48. The van der Waals surface area contributed by atoms with E-state index in [0.29, 0.717) is 12.0 Å². The van der Waals surface area contributed by atoms with Gasteiger partial charge in [-0.1, -0.05) is 37.3 Å². The molecule has 0 bridgehead atoms. The molecule has 154 valence electrons. The highest BCUT2D eigenvalue weighted by atomic mass is 16.5. The summed E-state index contributed by atoms with van der Waals surface area (Å²) in [5.41, 5.74) is 4.47. The van der Waals surface area contributed by atoms with E-state index in [1.807, 2.05) is 6.92 Å². The van der Waals surface area contributed by atoms with Gasteiger partial charge in [0.1, 0.15) is 11.4 Å². The molecule has 1 heterocycles. The van der Waals surface area contributed by atoms with Crippen molar-refractivity contribution in [3.8, 4) is 0 Å². The first-order chi connectivity index (χ1) is 13.8. The van der Waals surface area contributed by atoms with Gasteiger partial charge in [0.15, 0.2) is 12.4 Å². The van der Waals surface area contributed by atoms with E-state index in [1.54, 1.807) is 30.3 Å². The summed E-state index contributed by atoms with van der Waals surface area (Å²) in [5.74, 6) is -2.03. The van der Waals surface area contributed by atoms with E-state index in [0.717, 1.165) is 9.13 Å². The molecule has 0 saturated carbocycles. The van der Waals surface area contributed by atoms with E-state index in [9.17, 15) is 24.0 Å². The molecule has 2 aromatic rings. The van der Waals surface area contributed by atoms with Crippen LogP contribution < -0.4 is 17.0 Å². The topological polar surface area (TPSA) is 130 Å². The molecule has 0 radical (unpaired) electrons. The Morgan fingerprint density at radius 2 is 1.69 bits per heavy atom. The van der Waals surface area contributed by atoms with Gasteiger partial charge >= 0.3 is 11.7 Å². The van der Waals surface area contributed by atoms with Gasteiger partial charge in [-0.2, -0.15) is 0 Å². The normalized spacial score (nSPS) is 10.6. The number of nitrogens with zero attached hydrogens (tertiary/aromatic N) is 2. The zero-order chi connectivity index (χ0) is 21.6. The Labute approximate surface area is 166 Å². The second-order valence-corrected chi connectivity index (χ2v) is 6.43. The van der Waals surface area contributed by atoms with Gasteiger partial charge in [0.25, 0.3) is 5.56 Å². The molecule has 1 aromatic heterocycles. The highest BCUT2D eigenvalue weighted by molar-refractivity contribution is 6.01. The number of Topliss-reactive ketones (excluding diaryl/α,β-unsaturated/α-hetero) is 2. The molecule has 0 saturated heterocycles. The molecule has 0 unspecified atom stereocenters. The largest absolute Gasteiger partial charge is 0.457 e. The van der Waals surface area contributed by atoms with E-state index < -0.39 is 35.2 Å². The van der Waals surface area contributed by atoms with Crippen LogP contribution in [-0.4, -0.2) is 33.3 Å². The number of carbonyl (C=O) groups excluding carboxylic acids is 3. The van der Waals surface area contributed by atoms with E-state index in [1.165, 1.54) is 7.05 Å². The van der Waals surface area contributed by atoms with Crippen molar-refractivity contribution in [3.05, 3.63) is 62.3 Å². The molecule has 1 aromatic carbocycles. The molecule has 9 heteroatoms. The van der Waals surface area contributed by atoms with Gasteiger partial charge in [0.2, 0.25) is 5.78 Å². The third-order valence-corrected chi connectivity index (χ3v) is 4.33. The summed E-state index contributed by atoms with van der Waals surface area (Å²) in [4.78, 5) is 60.7. The molecule has 0 aliphatic rings. The summed E-state index contributed by atoms with van der Waals surface area (Å²) in [6.45, 7) is 1.35. The molecule has 29 heavy (non-hydrogen) atoms. The van der Waals surface area contributed by atoms with Gasteiger partial charge in [-0.3, -0.25) is 28.3 Å². The monoisotopic (exact) mass is 401 g/mol. The minimum atomic E-state index is -0.847. The number of carbonyl (C=O) groups is 3. The number of rotatable bonds is 9. The second kappa shape index (κ2) is 9.63. The van der Waals surface area contributed by atoms with Gasteiger partial charge in [0.05, 0.1) is 6.42 Å². The van der Waals surface area contributed by atoms with Crippen LogP contribution in [0.25, 0.3) is 0 Å². The lowest BCUT2D eigenvalue weighted by Crippen LogP contribution is -2.43. The fraction of sp³-hybridized carbons (Fsp3) is 0.350. The maximum atomic E-state index is 12.4. The maximum Gasteiger partial charge on any atom is 0.332 e. The smallest absolute Gasteiger partial charge is 0.332 e. The number of ether oxygens (including phenoxy) is 1. The average Bonchev–Trinajstić information content (AvgIpc) is 2.72. The number of benzene rings is 1. The average molecular weight is 401 g/mol. The SMILES string of the molecule is CCCn1c(N)c(C(=O)COC(=O)CCC(=O)c2ccccc2)c(=O)n(C)c1=O. The predicted octanol–water partition coefficient (Wildman–Crippen LogP) is 0.928. The Morgan fingerprint density at radius 1 is 1.03 bits per heavy atom. The summed E-state index contributed by atoms with van der Waals surface area (Å²) < 4.78 is 6.82. The summed E-state index contributed by atoms with van der Waals surface area (Å²) in [6.07, 6.45) is 0.298. The van der Waals surface area contributed by atoms with Crippen LogP contribution in [0.1, 0.15) is 46.9 Å². The lowest BCUT2D eigenvalue weighted by molar-refractivity contribution is -0.142. The molecular formula is C20H23N3O6. The van der Waals surface area contributed by atoms with E-state index >= 15 is 0 Å². The van der Waals surface area contributed by atoms with Crippen LogP contribution in [0, 0.1) is 0 Å². The third kappa shape index (κ3) is 5.07. The van der Waals surface area contributed by atoms with Crippen LogP contribution >= 0.6 is 0 Å². The zero-order valence-electron chi connectivity index (χ0n) is 16.3. The molecule has 0 amide bonds. The van der Waals surface area contributed by atoms with E-state index in [4.69, 9.17) is 10.5 Å². The number of ketones is 2. The van der Waals surface area contributed by atoms with Gasteiger partial charge in [-0.15, -0.1) is 0 Å². The lowest BCUT2D eigenvalue weighted by Gasteiger charge is -2.13. The molecule has 9 nitrogen and oxygen atoms in total. The first kappa shape index (κ1) is 21.8. The Morgan fingerprint density at radius 3 is 2.31 bits per heavy atom. The number of anilines is 1. The molecule has 0 fully saturated rings. The van der Waals surface area contributed by atoms with Crippen molar-refractivity contribution in [1.29, 1.82) is 0 Å². The standard InChI is InChI=1S/C20H23N3O6/c1-3-11-23-18(21)17(19(27)22(2)20(23)28)15(25)12-29-16(26)10-9-14(24)13-7-5-4-6-8-13/h4-8H,3,9-12,21H2,1-2H3. The second-order valence-electron chi connectivity index (χ2n) is 6.43. The molecule has 0 atom stereocenters. The Kier molecular flexibility index (Phi) is 7.24. The Hall–Kier alpha value is -3.49. The summed E-state index contributed by atoms with van der Waals surface area (Å²) in [5, 5.41) is 0. The fourth-order valence-corrected chi connectivity index (χ4v) is 2.76.